The van der Waals surface area contributed by atoms with Crippen LogP contribution in [0.4, 0.5) is 0 Å². The van der Waals surface area contributed by atoms with Gasteiger partial charge in [-0.25, -0.2) is 0 Å². The molecule has 0 amide bonds. The van der Waals surface area contributed by atoms with Gasteiger partial charge >= 0.3 is 5.97 Å². The number of rotatable bonds is 7. The summed E-state index contributed by atoms with van der Waals surface area (Å²) in [4.78, 5) is 14.5. The van der Waals surface area contributed by atoms with Crippen LogP contribution in [-0.4, -0.2) is 20.2 Å². The van der Waals surface area contributed by atoms with Crippen LogP contribution in [0.2, 0.25) is 0 Å². The highest BCUT2D eigenvalue weighted by molar-refractivity contribution is 5.78. The summed E-state index contributed by atoms with van der Waals surface area (Å²) >= 11 is 0. The van der Waals surface area contributed by atoms with E-state index in [1.807, 2.05) is 30.3 Å². The van der Waals surface area contributed by atoms with Gasteiger partial charge in [-0.05, 0) is 28.8 Å². The lowest BCUT2D eigenvalue weighted by Crippen LogP contribution is -2.12. The summed E-state index contributed by atoms with van der Waals surface area (Å²) in [5.41, 5.74) is 10.1. The maximum atomic E-state index is 11.8. The van der Waals surface area contributed by atoms with E-state index in [0.29, 0.717) is 23.7 Å². The van der Waals surface area contributed by atoms with Crippen molar-refractivity contribution < 1.29 is 19.0 Å². The first-order valence-corrected chi connectivity index (χ1v) is 7.15. The topological polar surface area (TPSA) is 93.5 Å². The molecular weight excluding hydrogens is 310 g/mol. The lowest BCUT2D eigenvalue weighted by Gasteiger charge is -2.14. The van der Waals surface area contributed by atoms with Crippen LogP contribution in [-0.2, 0) is 16.1 Å². The molecule has 0 spiro atoms. The van der Waals surface area contributed by atoms with Crippen molar-refractivity contribution >= 4 is 5.97 Å². The van der Waals surface area contributed by atoms with Gasteiger partial charge in [0.25, 0.3) is 0 Å². The number of ether oxygens (including phenoxy) is 3. The van der Waals surface area contributed by atoms with Crippen molar-refractivity contribution in [2.45, 2.75) is 12.6 Å². The van der Waals surface area contributed by atoms with E-state index in [0.717, 1.165) is 5.56 Å². The molecule has 2 rings (SSSR count). The second-order valence-electron chi connectivity index (χ2n) is 4.85. The summed E-state index contributed by atoms with van der Waals surface area (Å²) in [7, 11) is 2.73. The first kappa shape index (κ1) is 17.2. The van der Waals surface area contributed by atoms with Gasteiger partial charge in [-0.1, -0.05) is 35.4 Å². The Morgan fingerprint density at radius 2 is 1.88 bits per heavy atom. The molecule has 24 heavy (non-hydrogen) atoms. The molecule has 0 aromatic heterocycles. The highest BCUT2D eigenvalue weighted by Crippen LogP contribution is 2.29. The largest absolute Gasteiger partial charge is 0.497 e. The van der Waals surface area contributed by atoms with Crippen LogP contribution in [0.15, 0.2) is 53.6 Å². The molecule has 7 heteroatoms. The number of hydrogen-bond acceptors (Lipinski definition) is 5. The third-order valence-electron chi connectivity index (χ3n) is 3.29. The Balaban J connectivity index is 2.29. The van der Waals surface area contributed by atoms with Crippen LogP contribution in [0.25, 0.3) is 10.4 Å². The average molecular weight is 327 g/mol. The third kappa shape index (κ3) is 4.41. The number of nitrogens with zero attached hydrogens (tertiary/aromatic N) is 3. The van der Waals surface area contributed by atoms with Crippen molar-refractivity contribution in [3.05, 3.63) is 70.1 Å². The van der Waals surface area contributed by atoms with E-state index in [1.165, 1.54) is 14.2 Å². The Morgan fingerprint density at radius 3 is 2.50 bits per heavy atom. The summed E-state index contributed by atoms with van der Waals surface area (Å²) in [5.74, 6) is 0.322. The monoisotopic (exact) mass is 327 g/mol. The summed E-state index contributed by atoms with van der Waals surface area (Å²) in [6.07, 6.45) is 0. The molecule has 0 saturated carbocycles. The van der Waals surface area contributed by atoms with E-state index in [4.69, 9.17) is 15.0 Å². The fourth-order valence-corrected chi connectivity index (χ4v) is 2.11. The molecule has 0 aliphatic rings. The minimum absolute atomic E-state index is 0.359. The number of azide groups is 1. The third-order valence-corrected chi connectivity index (χ3v) is 3.29. The molecule has 0 aliphatic carbocycles. The van der Waals surface area contributed by atoms with E-state index < -0.39 is 12.0 Å². The molecule has 0 radical (unpaired) electrons. The lowest BCUT2D eigenvalue weighted by molar-refractivity contribution is -0.142. The molecule has 0 bridgehead atoms. The molecule has 7 nitrogen and oxygen atoms in total. The predicted octanol–water partition coefficient (Wildman–Crippen LogP) is 3.80. The number of methoxy groups -OCH3 is 2. The molecule has 0 N–H and O–H groups in total. The molecule has 124 valence electrons. The Bertz CT molecular complexity index is 743. The van der Waals surface area contributed by atoms with E-state index in [1.54, 1.807) is 18.2 Å². The standard InChI is InChI=1S/C17H17N3O4/c1-22-14-8-13(16(19-20-18)17(21)23-2)9-15(10-14)24-11-12-6-4-3-5-7-12/h3-10,16H,11H2,1-2H3/t16-/m0/s1. The van der Waals surface area contributed by atoms with Gasteiger partial charge in [-0.3, -0.25) is 4.79 Å². The van der Waals surface area contributed by atoms with Gasteiger partial charge in [0.05, 0.1) is 14.2 Å². The van der Waals surface area contributed by atoms with Crippen LogP contribution < -0.4 is 9.47 Å². The zero-order valence-corrected chi connectivity index (χ0v) is 13.4. The van der Waals surface area contributed by atoms with Crippen LogP contribution in [0.3, 0.4) is 0 Å². The Labute approximate surface area is 139 Å². The zero-order valence-electron chi connectivity index (χ0n) is 13.4. The maximum absolute atomic E-state index is 11.8. The van der Waals surface area contributed by atoms with Gasteiger partial charge in [-0.15, -0.1) is 0 Å². The first-order valence-electron chi connectivity index (χ1n) is 7.15. The smallest absolute Gasteiger partial charge is 0.319 e. The molecular formula is C17H17N3O4. The van der Waals surface area contributed by atoms with Crippen molar-refractivity contribution in [3.63, 3.8) is 0 Å². The van der Waals surface area contributed by atoms with Crippen molar-refractivity contribution in [3.8, 4) is 11.5 Å². The van der Waals surface area contributed by atoms with Gasteiger partial charge in [0.1, 0.15) is 18.1 Å². The van der Waals surface area contributed by atoms with Crippen LogP contribution in [0, 0.1) is 0 Å². The average Bonchev–Trinajstić information content (AvgIpc) is 2.64. The quantitative estimate of drug-likeness (QED) is 0.334. The number of carbonyl (C=O) groups is 1. The highest BCUT2D eigenvalue weighted by Gasteiger charge is 2.21. The van der Waals surface area contributed by atoms with Crippen LogP contribution >= 0.6 is 0 Å². The molecule has 1 atom stereocenters. The van der Waals surface area contributed by atoms with Crippen molar-refractivity contribution in [2.24, 2.45) is 5.11 Å². The highest BCUT2D eigenvalue weighted by atomic mass is 16.5. The predicted molar refractivity (Wildman–Crippen MR) is 87.7 cm³/mol. The molecule has 2 aromatic rings. The minimum Gasteiger partial charge on any atom is -0.497 e. The second kappa shape index (κ2) is 8.45. The van der Waals surface area contributed by atoms with Crippen molar-refractivity contribution in [1.82, 2.24) is 0 Å². The van der Waals surface area contributed by atoms with Crippen molar-refractivity contribution in [1.29, 1.82) is 0 Å². The van der Waals surface area contributed by atoms with Crippen molar-refractivity contribution in [2.75, 3.05) is 14.2 Å². The van der Waals surface area contributed by atoms with Gasteiger partial charge in [0.15, 0.2) is 6.04 Å². The fourth-order valence-electron chi connectivity index (χ4n) is 2.11. The normalized spacial score (nSPS) is 11.1. The Kier molecular flexibility index (Phi) is 6.05. The van der Waals surface area contributed by atoms with Gasteiger partial charge in [0.2, 0.25) is 0 Å². The number of hydrogen-bond donors (Lipinski definition) is 0. The van der Waals surface area contributed by atoms with E-state index >= 15 is 0 Å². The summed E-state index contributed by atoms with van der Waals surface area (Å²) in [5, 5.41) is 3.49. The Morgan fingerprint density at radius 1 is 1.17 bits per heavy atom. The van der Waals surface area contributed by atoms with Crippen LogP contribution in [0.5, 0.6) is 11.5 Å². The lowest BCUT2D eigenvalue weighted by atomic mass is 10.1. The zero-order chi connectivity index (χ0) is 17.4. The molecule has 0 aliphatic heterocycles. The summed E-state index contributed by atoms with van der Waals surface area (Å²) in [6, 6.07) is 13.5. The van der Waals surface area contributed by atoms with Gasteiger partial charge in [-0.2, -0.15) is 0 Å². The van der Waals surface area contributed by atoms with E-state index in [-0.39, 0.29) is 0 Å². The summed E-state index contributed by atoms with van der Waals surface area (Å²) in [6.45, 7) is 0.359. The molecule has 2 aromatic carbocycles. The number of carbonyl (C=O) groups excluding carboxylic acids is 1. The number of esters is 1. The minimum atomic E-state index is -1.10. The van der Waals surface area contributed by atoms with Gasteiger partial charge in [0, 0.05) is 11.0 Å². The SMILES string of the molecule is COC(=O)[C@@H](N=[N+]=[N-])c1cc(OC)cc(OCc2ccccc2)c1. The maximum Gasteiger partial charge on any atom is 0.319 e. The molecule has 0 fully saturated rings. The Hall–Kier alpha value is -3.18. The second-order valence-corrected chi connectivity index (χ2v) is 4.85. The molecule has 0 saturated heterocycles. The number of benzene rings is 2. The van der Waals surface area contributed by atoms with Crippen LogP contribution in [0.1, 0.15) is 17.2 Å². The molecule has 0 heterocycles. The molecule has 0 unspecified atom stereocenters. The van der Waals surface area contributed by atoms with E-state index in [9.17, 15) is 4.79 Å². The fraction of sp³-hybridized carbons (Fsp3) is 0.235. The van der Waals surface area contributed by atoms with Gasteiger partial charge < -0.3 is 14.2 Å². The first-order chi connectivity index (χ1) is 11.7. The summed E-state index contributed by atoms with van der Waals surface area (Å²) < 4.78 is 15.6. The van der Waals surface area contributed by atoms with E-state index in [2.05, 4.69) is 14.8 Å².